The summed E-state index contributed by atoms with van der Waals surface area (Å²) in [5, 5.41) is 10.7. The molecule has 1 aliphatic rings. The fraction of sp³-hybridized carbons (Fsp3) is 0.409. The Morgan fingerprint density at radius 3 is 2.50 bits per heavy atom. The molecule has 0 bridgehead atoms. The molecule has 4 heteroatoms. The third kappa shape index (κ3) is 4.01. The SMILES string of the molecule is COc1cc(C)cc(O)c1C(CC(=O)N1CCCCC1)c1ccccc1. The van der Waals surface area contributed by atoms with Crippen LogP contribution >= 0.6 is 0 Å². The molecule has 0 aliphatic carbocycles. The van der Waals surface area contributed by atoms with Gasteiger partial charge in [-0.1, -0.05) is 30.3 Å². The van der Waals surface area contributed by atoms with Gasteiger partial charge in [0.1, 0.15) is 11.5 Å². The van der Waals surface area contributed by atoms with Crippen LogP contribution in [-0.2, 0) is 4.79 Å². The van der Waals surface area contributed by atoms with Crippen molar-refractivity contribution in [2.45, 2.75) is 38.5 Å². The Morgan fingerprint density at radius 1 is 1.15 bits per heavy atom. The zero-order valence-electron chi connectivity index (χ0n) is 15.6. The number of phenolic OH excluding ortho intramolecular Hbond substituents is 1. The van der Waals surface area contributed by atoms with Gasteiger partial charge in [-0.15, -0.1) is 0 Å². The van der Waals surface area contributed by atoms with E-state index >= 15 is 0 Å². The maximum Gasteiger partial charge on any atom is 0.223 e. The van der Waals surface area contributed by atoms with Crippen LogP contribution in [0.15, 0.2) is 42.5 Å². The number of amides is 1. The number of nitrogens with zero attached hydrogens (tertiary/aromatic N) is 1. The molecular weight excluding hydrogens is 326 g/mol. The van der Waals surface area contributed by atoms with Gasteiger partial charge in [-0.05, 0) is 49.4 Å². The highest BCUT2D eigenvalue weighted by Crippen LogP contribution is 2.41. The summed E-state index contributed by atoms with van der Waals surface area (Å²) in [4.78, 5) is 14.9. The van der Waals surface area contributed by atoms with Crippen molar-refractivity contribution in [3.8, 4) is 11.5 Å². The molecule has 1 aliphatic heterocycles. The van der Waals surface area contributed by atoms with E-state index < -0.39 is 0 Å². The van der Waals surface area contributed by atoms with Crippen LogP contribution in [0.2, 0.25) is 0 Å². The predicted molar refractivity (Wildman–Crippen MR) is 103 cm³/mol. The monoisotopic (exact) mass is 353 g/mol. The lowest BCUT2D eigenvalue weighted by atomic mass is 9.86. The number of hydrogen-bond donors (Lipinski definition) is 1. The van der Waals surface area contributed by atoms with E-state index in [9.17, 15) is 9.90 Å². The summed E-state index contributed by atoms with van der Waals surface area (Å²) in [6, 6.07) is 13.5. The number of carbonyl (C=O) groups excluding carboxylic acids is 1. The van der Waals surface area contributed by atoms with E-state index in [1.54, 1.807) is 13.2 Å². The molecule has 2 aromatic carbocycles. The van der Waals surface area contributed by atoms with Crippen LogP contribution in [0.5, 0.6) is 11.5 Å². The fourth-order valence-corrected chi connectivity index (χ4v) is 3.78. The smallest absolute Gasteiger partial charge is 0.223 e. The van der Waals surface area contributed by atoms with Crippen molar-refractivity contribution in [3.05, 3.63) is 59.2 Å². The minimum absolute atomic E-state index is 0.139. The molecule has 1 saturated heterocycles. The number of aromatic hydroxyl groups is 1. The third-order valence-corrected chi connectivity index (χ3v) is 5.12. The van der Waals surface area contributed by atoms with E-state index in [0.717, 1.165) is 37.1 Å². The van der Waals surface area contributed by atoms with Gasteiger partial charge < -0.3 is 14.7 Å². The Morgan fingerprint density at radius 2 is 1.85 bits per heavy atom. The lowest BCUT2D eigenvalue weighted by Gasteiger charge is -2.29. The molecule has 1 heterocycles. The molecule has 1 amide bonds. The van der Waals surface area contributed by atoms with Crippen LogP contribution in [0.4, 0.5) is 0 Å². The highest BCUT2D eigenvalue weighted by Gasteiger charge is 2.27. The first-order chi connectivity index (χ1) is 12.6. The maximum absolute atomic E-state index is 12.9. The van der Waals surface area contributed by atoms with Gasteiger partial charge in [-0.25, -0.2) is 0 Å². The number of aryl methyl sites for hydroxylation is 1. The van der Waals surface area contributed by atoms with E-state index in [0.29, 0.717) is 17.7 Å². The number of hydrogen-bond acceptors (Lipinski definition) is 3. The van der Waals surface area contributed by atoms with E-state index in [1.807, 2.05) is 48.2 Å². The first-order valence-corrected chi connectivity index (χ1v) is 9.30. The summed E-state index contributed by atoms with van der Waals surface area (Å²) in [6.45, 7) is 3.58. The Hall–Kier alpha value is -2.49. The molecular formula is C22H27NO3. The molecule has 1 fully saturated rings. The number of phenols is 1. The third-order valence-electron chi connectivity index (χ3n) is 5.12. The van der Waals surface area contributed by atoms with Crippen molar-refractivity contribution in [2.24, 2.45) is 0 Å². The number of ether oxygens (including phenoxy) is 1. The summed E-state index contributed by atoms with van der Waals surface area (Å²) in [7, 11) is 1.60. The molecule has 1 atom stereocenters. The van der Waals surface area contributed by atoms with Crippen LogP contribution in [0.25, 0.3) is 0 Å². The molecule has 2 aromatic rings. The molecule has 0 spiro atoms. The fourth-order valence-electron chi connectivity index (χ4n) is 3.78. The van der Waals surface area contributed by atoms with Crippen molar-refractivity contribution in [1.82, 2.24) is 4.90 Å². The van der Waals surface area contributed by atoms with Gasteiger partial charge in [0.05, 0.1) is 7.11 Å². The summed E-state index contributed by atoms with van der Waals surface area (Å²) in [5.74, 6) is 0.715. The standard InChI is InChI=1S/C22H27NO3/c1-16-13-19(24)22(20(14-16)26-2)18(17-9-5-3-6-10-17)15-21(25)23-11-7-4-8-12-23/h3,5-6,9-10,13-14,18,24H,4,7-8,11-12,15H2,1-2H3. The number of likely N-dealkylation sites (tertiary alicyclic amines) is 1. The summed E-state index contributed by atoms with van der Waals surface area (Å²) < 4.78 is 5.55. The highest BCUT2D eigenvalue weighted by molar-refractivity contribution is 5.78. The Bertz CT molecular complexity index is 751. The largest absolute Gasteiger partial charge is 0.507 e. The second-order valence-electron chi connectivity index (χ2n) is 7.01. The quantitative estimate of drug-likeness (QED) is 0.874. The minimum Gasteiger partial charge on any atom is -0.507 e. The van der Waals surface area contributed by atoms with Crippen molar-refractivity contribution in [3.63, 3.8) is 0 Å². The Kier molecular flexibility index (Phi) is 5.82. The lowest BCUT2D eigenvalue weighted by molar-refractivity contribution is -0.132. The van der Waals surface area contributed by atoms with Crippen molar-refractivity contribution in [2.75, 3.05) is 20.2 Å². The van der Waals surface area contributed by atoms with Gasteiger partial charge in [-0.3, -0.25) is 4.79 Å². The van der Waals surface area contributed by atoms with Crippen LogP contribution in [0.1, 0.15) is 48.3 Å². The minimum atomic E-state index is -0.235. The number of piperidine rings is 1. The summed E-state index contributed by atoms with van der Waals surface area (Å²) >= 11 is 0. The lowest BCUT2D eigenvalue weighted by Crippen LogP contribution is -2.36. The normalized spacial score (nSPS) is 15.5. The van der Waals surface area contributed by atoms with Gasteiger partial charge in [-0.2, -0.15) is 0 Å². The van der Waals surface area contributed by atoms with Crippen LogP contribution in [0, 0.1) is 6.92 Å². The molecule has 1 unspecified atom stereocenters. The average molecular weight is 353 g/mol. The van der Waals surface area contributed by atoms with Gasteiger partial charge in [0.2, 0.25) is 5.91 Å². The zero-order valence-corrected chi connectivity index (χ0v) is 15.6. The second-order valence-corrected chi connectivity index (χ2v) is 7.01. The predicted octanol–water partition coefficient (Wildman–Crippen LogP) is 4.24. The first kappa shape index (κ1) is 18.3. The number of rotatable bonds is 5. The van der Waals surface area contributed by atoms with Gasteiger partial charge in [0.15, 0.2) is 0 Å². The van der Waals surface area contributed by atoms with Crippen LogP contribution in [-0.4, -0.2) is 36.1 Å². The van der Waals surface area contributed by atoms with E-state index in [1.165, 1.54) is 6.42 Å². The average Bonchev–Trinajstić information content (AvgIpc) is 2.67. The molecule has 0 saturated carbocycles. The molecule has 0 radical (unpaired) electrons. The number of carbonyl (C=O) groups is 1. The van der Waals surface area contributed by atoms with Crippen LogP contribution < -0.4 is 4.74 Å². The van der Waals surface area contributed by atoms with E-state index in [2.05, 4.69) is 0 Å². The summed E-state index contributed by atoms with van der Waals surface area (Å²) in [5.41, 5.74) is 2.63. The second kappa shape index (κ2) is 8.26. The van der Waals surface area contributed by atoms with E-state index in [-0.39, 0.29) is 17.6 Å². The molecule has 0 aromatic heterocycles. The Balaban J connectivity index is 1.98. The number of benzene rings is 2. The molecule has 3 rings (SSSR count). The van der Waals surface area contributed by atoms with Crippen LogP contribution in [0.3, 0.4) is 0 Å². The maximum atomic E-state index is 12.9. The topological polar surface area (TPSA) is 49.8 Å². The molecule has 26 heavy (non-hydrogen) atoms. The Labute approximate surface area is 155 Å². The molecule has 4 nitrogen and oxygen atoms in total. The van der Waals surface area contributed by atoms with Crippen molar-refractivity contribution >= 4 is 5.91 Å². The van der Waals surface area contributed by atoms with Gasteiger partial charge >= 0.3 is 0 Å². The molecule has 138 valence electrons. The van der Waals surface area contributed by atoms with E-state index in [4.69, 9.17) is 4.74 Å². The van der Waals surface area contributed by atoms with Gasteiger partial charge in [0.25, 0.3) is 0 Å². The van der Waals surface area contributed by atoms with Gasteiger partial charge in [0, 0.05) is 31.0 Å². The van der Waals surface area contributed by atoms with Crippen molar-refractivity contribution < 1.29 is 14.6 Å². The number of methoxy groups -OCH3 is 1. The summed E-state index contributed by atoms with van der Waals surface area (Å²) in [6.07, 6.45) is 3.66. The van der Waals surface area contributed by atoms with Crippen molar-refractivity contribution in [1.29, 1.82) is 0 Å². The molecule has 1 N–H and O–H groups in total. The highest BCUT2D eigenvalue weighted by atomic mass is 16.5. The first-order valence-electron chi connectivity index (χ1n) is 9.30. The zero-order chi connectivity index (χ0) is 18.5.